The molecule has 0 atom stereocenters. The molecule has 0 spiro atoms. The summed E-state index contributed by atoms with van der Waals surface area (Å²) in [5.74, 6) is 0. The molecule has 1 aromatic heterocycles. The Morgan fingerprint density at radius 3 is 2.86 bits per heavy atom. The SMILES string of the molecule is CCc1cc2ccc(Br)cc2[nH]c1=O. The number of rotatable bonds is 1. The summed E-state index contributed by atoms with van der Waals surface area (Å²) in [5.41, 5.74) is 1.72. The molecule has 14 heavy (non-hydrogen) atoms. The van der Waals surface area contributed by atoms with Gasteiger partial charge in [-0.3, -0.25) is 4.79 Å². The molecule has 2 aromatic rings. The van der Waals surface area contributed by atoms with Crippen LogP contribution in [-0.4, -0.2) is 4.98 Å². The van der Waals surface area contributed by atoms with Gasteiger partial charge < -0.3 is 4.98 Å². The molecule has 0 saturated heterocycles. The first kappa shape index (κ1) is 9.46. The Balaban J connectivity index is 2.79. The van der Waals surface area contributed by atoms with Gasteiger partial charge in [0.05, 0.1) is 0 Å². The first-order valence-electron chi connectivity index (χ1n) is 4.52. The molecule has 0 aliphatic heterocycles. The van der Waals surface area contributed by atoms with E-state index in [1.165, 1.54) is 0 Å². The van der Waals surface area contributed by atoms with E-state index in [1.807, 2.05) is 31.2 Å². The van der Waals surface area contributed by atoms with Gasteiger partial charge in [-0.15, -0.1) is 0 Å². The normalized spacial score (nSPS) is 10.7. The van der Waals surface area contributed by atoms with Gasteiger partial charge in [-0.25, -0.2) is 0 Å². The van der Waals surface area contributed by atoms with Crippen molar-refractivity contribution in [3.05, 3.63) is 44.7 Å². The maximum atomic E-state index is 11.5. The molecule has 0 bridgehead atoms. The van der Waals surface area contributed by atoms with E-state index in [4.69, 9.17) is 0 Å². The van der Waals surface area contributed by atoms with E-state index in [2.05, 4.69) is 20.9 Å². The number of aryl methyl sites for hydroxylation is 1. The van der Waals surface area contributed by atoms with Crippen LogP contribution >= 0.6 is 15.9 Å². The van der Waals surface area contributed by atoms with Gasteiger partial charge in [-0.1, -0.05) is 28.9 Å². The molecule has 3 heteroatoms. The van der Waals surface area contributed by atoms with Crippen LogP contribution in [0.4, 0.5) is 0 Å². The van der Waals surface area contributed by atoms with E-state index in [1.54, 1.807) is 0 Å². The summed E-state index contributed by atoms with van der Waals surface area (Å²) in [6, 6.07) is 7.82. The van der Waals surface area contributed by atoms with Gasteiger partial charge in [0.1, 0.15) is 0 Å². The lowest BCUT2D eigenvalue weighted by atomic mass is 10.1. The number of aromatic nitrogens is 1. The van der Waals surface area contributed by atoms with Gasteiger partial charge in [0.25, 0.3) is 5.56 Å². The number of aromatic amines is 1. The quantitative estimate of drug-likeness (QED) is 0.831. The van der Waals surface area contributed by atoms with Crippen LogP contribution in [0.2, 0.25) is 0 Å². The number of benzene rings is 1. The predicted molar refractivity (Wildman–Crippen MR) is 61.6 cm³/mol. The fourth-order valence-electron chi connectivity index (χ4n) is 1.48. The van der Waals surface area contributed by atoms with Crippen LogP contribution in [0.5, 0.6) is 0 Å². The molecule has 0 fully saturated rings. The number of hydrogen-bond acceptors (Lipinski definition) is 1. The van der Waals surface area contributed by atoms with E-state index in [0.717, 1.165) is 27.4 Å². The van der Waals surface area contributed by atoms with Crippen LogP contribution in [0.3, 0.4) is 0 Å². The van der Waals surface area contributed by atoms with Crippen LogP contribution in [-0.2, 0) is 6.42 Å². The highest BCUT2D eigenvalue weighted by atomic mass is 79.9. The van der Waals surface area contributed by atoms with Crippen molar-refractivity contribution in [2.24, 2.45) is 0 Å². The minimum absolute atomic E-state index is 0.0121. The molecule has 0 amide bonds. The Labute approximate surface area is 90.1 Å². The second-order valence-corrected chi connectivity index (χ2v) is 4.12. The van der Waals surface area contributed by atoms with Gasteiger partial charge in [0.15, 0.2) is 0 Å². The highest BCUT2D eigenvalue weighted by Gasteiger charge is 2.00. The Morgan fingerprint density at radius 2 is 2.14 bits per heavy atom. The summed E-state index contributed by atoms with van der Waals surface area (Å²) in [7, 11) is 0. The van der Waals surface area contributed by atoms with Crippen molar-refractivity contribution in [1.82, 2.24) is 4.98 Å². The van der Waals surface area contributed by atoms with Crippen molar-refractivity contribution in [3.63, 3.8) is 0 Å². The minimum Gasteiger partial charge on any atom is -0.322 e. The Kier molecular flexibility index (Phi) is 2.42. The molecule has 1 N–H and O–H groups in total. The van der Waals surface area contributed by atoms with Crippen LogP contribution in [0.1, 0.15) is 12.5 Å². The molecule has 1 heterocycles. The second-order valence-electron chi connectivity index (χ2n) is 3.21. The average Bonchev–Trinajstić information content (AvgIpc) is 2.16. The topological polar surface area (TPSA) is 32.9 Å². The molecule has 0 saturated carbocycles. The van der Waals surface area contributed by atoms with Crippen LogP contribution in [0.15, 0.2) is 33.5 Å². The third-order valence-corrected chi connectivity index (χ3v) is 2.76. The van der Waals surface area contributed by atoms with Gasteiger partial charge in [-0.2, -0.15) is 0 Å². The number of hydrogen-bond donors (Lipinski definition) is 1. The second kappa shape index (κ2) is 3.58. The average molecular weight is 252 g/mol. The summed E-state index contributed by atoms with van der Waals surface area (Å²) in [4.78, 5) is 14.4. The zero-order valence-corrected chi connectivity index (χ0v) is 9.39. The molecule has 2 rings (SSSR count). The maximum absolute atomic E-state index is 11.5. The first-order chi connectivity index (χ1) is 6.70. The van der Waals surface area contributed by atoms with E-state index in [-0.39, 0.29) is 5.56 Å². The van der Waals surface area contributed by atoms with Gasteiger partial charge in [0.2, 0.25) is 0 Å². The summed E-state index contributed by atoms with van der Waals surface area (Å²) < 4.78 is 0.977. The molecular weight excluding hydrogens is 242 g/mol. The van der Waals surface area contributed by atoms with Gasteiger partial charge in [0, 0.05) is 15.6 Å². The lowest BCUT2D eigenvalue weighted by molar-refractivity contribution is 1.08. The van der Waals surface area contributed by atoms with Gasteiger partial charge >= 0.3 is 0 Å². The first-order valence-corrected chi connectivity index (χ1v) is 5.31. The van der Waals surface area contributed by atoms with E-state index >= 15 is 0 Å². The number of pyridine rings is 1. The van der Waals surface area contributed by atoms with Crippen LogP contribution in [0.25, 0.3) is 10.9 Å². The molecule has 0 unspecified atom stereocenters. The fourth-order valence-corrected chi connectivity index (χ4v) is 1.84. The summed E-state index contributed by atoms with van der Waals surface area (Å²) in [6.45, 7) is 1.98. The fraction of sp³-hybridized carbons (Fsp3) is 0.182. The molecule has 2 nitrogen and oxygen atoms in total. The number of nitrogens with one attached hydrogen (secondary N) is 1. The standard InChI is InChI=1S/C11H10BrNO/c1-2-7-5-8-3-4-9(12)6-10(8)13-11(7)14/h3-6H,2H2,1H3,(H,13,14). The van der Waals surface area contributed by atoms with Crippen molar-refractivity contribution in [2.45, 2.75) is 13.3 Å². The zero-order chi connectivity index (χ0) is 10.1. The van der Waals surface area contributed by atoms with Crippen LogP contribution in [0, 0.1) is 0 Å². The van der Waals surface area contributed by atoms with Crippen molar-refractivity contribution in [1.29, 1.82) is 0 Å². The monoisotopic (exact) mass is 251 g/mol. The van der Waals surface area contributed by atoms with Crippen molar-refractivity contribution in [3.8, 4) is 0 Å². The number of halogens is 1. The highest BCUT2D eigenvalue weighted by Crippen LogP contribution is 2.17. The Bertz CT molecular complexity index is 530. The largest absolute Gasteiger partial charge is 0.322 e. The molecule has 72 valence electrons. The third kappa shape index (κ3) is 1.60. The molecule has 0 aliphatic carbocycles. The zero-order valence-electron chi connectivity index (χ0n) is 7.80. The molecule has 0 radical (unpaired) electrons. The van der Waals surface area contributed by atoms with E-state index in [9.17, 15) is 4.79 Å². The van der Waals surface area contributed by atoms with Crippen LogP contribution < -0.4 is 5.56 Å². The maximum Gasteiger partial charge on any atom is 0.251 e. The van der Waals surface area contributed by atoms with Crippen molar-refractivity contribution >= 4 is 26.8 Å². The third-order valence-electron chi connectivity index (χ3n) is 2.27. The molecule has 1 aromatic carbocycles. The molecule has 0 aliphatic rings. The number of H-pyrrole nitrogens is 1. The Morgan fingerprint density at radius 1 is 1.36 bits per heavy atom. The Hall–Kier alpha value is -1.09. The molecular formula is C11H10BrNO. The van der Waals surface area contributed by atoms with Gasteiger partial charge in [-0.05, 0) is 30.0 Å². The predicted octanol–water partition coefficient (Wildman–Crippen LogP) is 2.85. The van der Waals surface area contributed by atoms with Crippen molar-refractivity contribution in [2.75, 3.05) is 0 Å². The van der Waals surface area contributed by atoms with E-state index < -0.39 is 0 Å². The summed E-state index contributed by atoms with van der Waals surface area (Å²) in [6.07, 6.45) is 0.765. The van der Waals surface area contributed by atoms with E-state index in [0.29, 0.717) is 0 Å². The smallest absolute Gasteiger partial charge is 0.251 e. The lowest BCUT2D eigenvalue weighted by Gasteiger charge is -2.01. The lowest BCUT2D eigenvalue weighted by Crippen LogP contribution is -2.11. The highest BCUT2D eigenvalue weighted by molar-refractivity contribution is 9.10. The number of fused-ring (bicyclic) bond motifs is 1. The summed E-state index contributed by atoms with van der Waals surface area (Å²) in [5, 5.41) is 1.07. The minimum atomic E-state index is 0.0121. The van der Waals surface area contributed by atoms with Crippen molar-refractivity contribution < 1.29 is 0 Å². The summed E-state index contributed by atoms with van der Waals surface area (Å²) >= 11 is 3.37.